The summed E-state index contributed by atoms with van der Waals surface area (Å²) in [7, 11) is 1.53. The van der Waals surface area contributed by atoms with Crippen molar-refractivity contribution in [2.75, 3.05) is 7.11 Å². The number of aliphatic hydroxyl groups is 1. The molecule has 0 fully saturated rings. The van der Waals surface area contributed by atoms with Gasteiger partial charge in [-0.1, -0.05) is 0 Å². The summed E-state index contributed by atoms with van der Waals surface area (Å²) < 4.78 is 5.00. The van der Waals surface area contributed by atoms with Crippen molar-refractivity contribution in [3.05, 3.63) is 59.7 Å². The Morgan fingerprint density at radius 1 is 1.10 bits per heavy atom. The van der Waals surface area contributed by atoms with Gasteiger partial charge in [0.05, 0.1) is 12.7 Å². The fraction of sp³-hybridized carbons (Fsp3) is 0.0625. The molecule has 108 valence electrons. The number of phenolic OH excluding ortho intramolecular Hbond substituents is 2. The van der Waals surface area contributed by atoms with Crippen LogP contribution in [0.25, 0.3) is 5.76 Å². The van der Waals surface area contributed by atoms with Crippen molar-refractivity contribution in [3.8, 4) is 17.2 Å². The number of allylic oxidation sites excluding steroid dienone is 1. The highest BCUT2D eigenvalue weighted by Crippen LogP contribution is 2.24. The van der Waals surface area contributed by atoms with Crippen molar-refractivity contribution in [2.24, 2.45) is 0 Å². The number of aromatic hydroxyl groups is 2. The number of ether oxygens (including phenoxy) is 1. The largest absolute Gasteiger partial charge is 0.508 e. The molecular formula is C16H14O5. The first kappa shape index (κ1) is 14.5. The summed E-state index contributed by atoms with van der Waals surface area (Å²) in [5.74, 6) is -0.656. The van der Waals surface area contributed by atoms with Crippen LogP contribution in [0, 0.1) is 0 Å². The highest BCUT2D eigenvalue weighted by molar-refractivity contribution is 6.09. The van der Waals surface area contributed by atoms with Crippen molar-refractivity contribution in [1.82, 2.24) is 0 Å². The Balaban J connectivity index is 2.26. The van der Waals surface area contributed by atoms with E-state index >= 15 is 0 Å². The SMILES string of the molecule is COc1ccc(/C(O)=C/C(=O)c2ccc(O)cc2O)cc1. The maximum Gasteiger partial charge on any atom is 0.193 e. The van der Waals surface area contributed by atoms with Crippen LogP contribution in [0.3, 0.4) is 0 Å². The van der Waals surface area contributed by atoms with E-state index in [1.165, 1.54) is 19.2 Å². The fourth-order valence-corrected chi connectivity index (χ4v) is 1.78. The van der Waals surface area contributed by atoms with E-state index in [1.54, 1.807) is 24.3 Å². The number of phenols is 2. The highest BCUT2D eigenvalue weighted by atomic mass is 16.5. The fourth-order valence-electron chi connectivity index (χ4n) is 1.78. The lowest BCUT2D eigenvalue weighted by Crippen LogP contribution is -1.97. The second-order valence-electron chi connectivity index (χ2n) is 4.32. The first-order valence-electron chi connectivity index (χ1n) is 6.12. The Hall–Kier alpha value is -2.95. The average molecular weight is 286 g/mol. The Morgan fingerprint density at radius 3 is 2.33 bits per heavy atom. The van der Waals surface area contributed by atoms with Gasteiger partial charge in [-0.3, -0.25) is 4.79 Å². The first-order chi connectivity index (χ1) is 10.0. The molecule has 2 rings (SSSR count). The lowest BCUT2D eigenvalue weighted by Gasteiger charge is -2.04. The summed E-state index contributed by atoms with van der Waals surface area (Å²) in [5.41, 5.74) is 0.440. The molecule has 2 aromatic carbocycles. The molecule has 0 heterocycles. The molecule has 3 N–H and O–H groups in total. The monoisotopic (exact) mass is 286 g/mol. The van der Waals surface area contributed by atoms with Crippen LogP contribution in [0.15, 0.2) is 48.5 Å². The minimum absolute atomic E-state index is 0.00661. The summed E-state index contributed by atoms with van der Waals surface area (Å²) in [5, 5.41) is 28.7. The van der Waals surface area contributed by atoms with Gasteiger partial charge in [-0.25, -0.2) is 0 Å². The van der Waals surface area contributed by atoms with E-state index in [4.69, 9.17) is 4.74 Å². The number of rotatable bonds is 4. The molecule has 0 amide bonds. The summed E-state index contributed by atoms with van der Waals surface area (Å²) >= 11 is 0. The number of methoxy groups -OCH3 is 1. The van der Waals surface area contributed by atoms with Crippen LogP contribution in [0.5, 0.6) is 17.2 Å². The van der Waals surface area contributed by atoms with E-state index in [-0.39, 0.29) is 22.8 Å². The van der Waals surface area contributed by atoms with E-state index in [0.29, 0.717) is 11.3 Å². The van der Waals surface area contributed by atoms with Gasteiger partial charge in [0, 0.05) is 17.7 Å². The van der Waals surface area contributed by atoms with E-state index in [2.05, 4.69) is 0 Å². The summed E-state index contributed by atoms with van der Waals surface area (Å²) in [6.07, 6.45) is 1.01. The molecule has 0 aliphatic carbocycles. The quantitative estimate of drug-likeness (QED) is 0.457. The lowest BCUT2D eigenvalue weighted by atomic mass is 10.1. The zero-order valence-electron chi connectivity index (χ0n) is 11.3. The molecule has 0 unspecified atom stereocenters. The Kier molecular flexibility index (Phi) is 4.13. The minimum Gasteiger partial charge on any atom is -0.508 e. The third kappa shape index (κ3) is 3.33. The van der Waals surface area contributed by atoms with Crippen molar-refractivity contribution in [3.63, 3.8) is 0 Å². The Labute approximate surface area is 121 Å². The van der Waals surface area contributed by atoms with Gasteiger partial charge in [-0.2, -0.15) is 0 Å². The van der Waals surface area contributed by atoms with E-state index < -0.39 is 5.78 Å². The molecule has 0 radical (unpaired) electrons. The van der Waals surface area contributed by atoms with Gasteiger partial charge in [-0.15, -0.1) is 0 Å². The van der Waals surface area contributed by atoms with Crippen molar-refractivity contribution < 1.29 is 24.9 Å². The maximum atomic E-state index is 12.0. The third-order valence-electron chi connectivity index (χ3n) is 2.90. The number of hydrogen-bond acceptors (Lipinski definition) is 5. The molecule has 2 aromatic rings. The summed E-state index contributed by atoms with van der Waals surface area (Å²) in [4.78, 5) is 12.0. The van der Waals surface area contributed by atoms with Gasteiger partial charge in [0.2, 0.25) is 0 Å². The molecule has 5 heteroatoms. The van der Waals surface area contributed by atoms with Crippen LogP contribution in [0.2, 0.25) is 0 Å². The molecule has 0 aliphatic heterocycles. The number of aliphatic hydroxyl groups excluding tert-OH is 1. The second kappa shape index (κ2) is 6.00. The molecule has 0 bridgehead atoms. The highest BCUT2D eigenvalue weighted by Gasteiger charge is 2.11. The van der Waals surface area contributed by atoms with Crippen molar-refractivity contribution in [2.45, 2.75) is 0 Å². The van der Waals surface area contributed by atoms with E-state index in [1.807, 2.05) is 0 Å². The van der Waals surface area contributed by atoms with Crippen molar-refractivity contribution in [1.29, 1.82) is 0 Å². The van der Waals surface area contributed by atoms with Gasteiger partial charge in [0.25, 0.3) is 0 Å². The number of carbonyl (C=O) groups excluding carboxylic acids is 1. The van der Waals surface area contributed by atoms with Gasteiger partial charge in [-0.05, 0) is 36.4 Å². The summed E-state index contributed by atoms with van der Waals surface area (Å²) in [6, 6.07) is 10.1. The van der Waals surface area contributed by atoms with E-state index in [9.17, 15) is 20.1 Å². The minimum atomic E-state index is -0.569. The molecule has 0 atom stereocenters. The molecule has 0 aliphatic rings. The molecule has 21 heavy (non-hydrogen) atoms. The average Bonchev–Trinajstić information content (AvgIpc) is 2.47. The Bertz CT molecular complexity index is 686. The van der Waals surface area contributed by atoms with Crippen LogP contribution in [-0.2, 0) is 0 Å². The van der Waals surface area contributed by atoms with Gasteiger partial charge >= 0.3 is 0 Å². The van der Waals surface area contributed by atoms with Crippen LogP contribution < -0.4 is 4.74 Å². The predicted molar refractivity (Wildman–Crippen MR) is 77.7 cm³/mol. The zero-order chi connectivity index (χ0) is 15.4. The van der Waals surface area contributed by atoms with Crippen molar-refractivity contribution >= 4 is 11.5 Å². The standard InChI is InChI=1S/C16H14O5/c1-21-12-5-2-10(3-6-12)14(18)9-16(20)13-7-4-11(17)8-15(13)19/h2-9,17-19H,1H3/b14-9-. The van der Waals surface area contributed by atoms with Crippen LogP contribution in [0.1, 0.15) is 15.9 Å². The first-order valence-corrected chi connectivity index (χ1v) is 6.12. The molecule has 0 spiro atoms. The maximum absolute atomic E-state index is 12.0. The number of hydrogen-bond donors (Lipinski definition) is 3. The Morgan fingerprint density at radius 2 is 1.76 bits per heavy atom. The van der Waals surface area contributed by atoms with Gasteiger partial charge in [0.1, 0.15) is 23.0 Å². The number of ketones is 1. The van der Waals surface area contributed by atoms with Gasteiger partial charge in [0.15, 0.2) is 5.78 Å². The second-order valence-corrected chi connectivity index (χ2v) is 4.32. The van der Waals surface area contributed by atoms with Crippen LogP contribution in [-0.4, -0.2) is 28.2 Å². The van der Waals surface area contributed by atoms with Crippen LogP contribution >= 0.6 is 0 Å². The smallest absolute Gasteiger partial charge is 0.193 e. The predicted octanol–water partition coefficient (Wildman–Crippen LogP) is 2.89. The third-order valence-corrected chi connectivity index (χ3v) is 2.90. The topological polar surface area (TPSA) is 87.0 Å². The summed E-state index contributed by atoms with van der Waals surface area (Å²) in [6.45, 7) is 0. The lowest BCUT2D eigenvalue weighted by molar-refractivity contribution is 0.104. The number of benzene rings is 2. The van der Waals surface area contributed by atoms with Gasteiger partial charge < -0.3 is 20.1 Å². The molecule has 0 saturated carbocycles. The molecule has 5 nitrogen and oxygen atoms in total. The molecular weight excluding hydrogens is 272 g/mol. The normalized spacial score (nSPS) is 11.2. The molecule has 0 aromatic heterocycles. The van der Waals surface area contributed by atoms with E-state index in [0.717, 1.165) is 12.1 Å². The zero-order valence-corrected chi connectivity index (χ0v) is 11.3. The van der Waals surface area contributed by atoms with Crippen LogP contribution in [0.4, 0.5) is 0 Å². The number of carbonyl (C=O) groups is 1. The molecule has 0 saturated heterocycles.